The molecule has 20 heavy (non-hydrogen) atoms. The normalized spacial score (nSPS) is 21.7. The van der Waals surface area contributed by atoms with E-state index in [-0.39, 0.29) is 23.6 Å². The molecule has 0 bridgehead atoms. The summed E-state index contributed by atoms with van der Waals surface area (Å²) < 4.78 is 18.9. The van der Waals surface area contributed by atoms with Gasteiger partial charge in [-0.1, -0.05) is 13.0 Å². The molecule has 1 heterocycles. The maximum absolute atomic E-state index is 13.5. The van der Waals surface area contributed by atoms with Gasteiger partial charge in [0.25, 0.3) is 0 Å². The van der Waals surface area contributed by atoms with Gasteiger partial charge in [0.2, 0.25) is 5.91 Å². The summed E-state index contributed by atoms with van der Waals surface area (Å²) in [7, 11) is 0. The number of aromatic carboxylic acids is 1. The van der Waals surface area contributed by atoms with E-state index >= 15 is 0 Å². The highest BCUT2D eigenvalue weighted by atomic mass is 19.1. The average molecular weight is 281 g/mol. The third kappa shape index (κ3) is 2.80. The first-order valence-electron chi connectivity index (χ1n) is 6.48. The van der Waals surface area contributed by atoms with Crippen LogP contribution in [0.2, 0.25) is 0 Å². The topological polar surface area (TPSA) is 75.6 Å². The van der Waals surface area contributed by atoms with E-state index in [0.717, 1.165) is 6.07 Å². The first kappa shape index (κ1) is 14.5. The first-order chi connectivity index (χ1) is 9.54. The van der Waals surface area contributed by atoms with Crippen LogP contribution < -0.4 is 5.32 Å². The number of amides is 1. The highest BCUT2D eigenvalue weighted by Crippen LogP contribution is 2.26. The minimum atomic E-state index is -1.41. The number of carboxylic acids is 1. The van der Waals surface area contributed by atoms with E-state index in [9.17, 15) is 14.0 Å². The van der Waals surface area contributed by atoms with E-state index in [1.165, 1.54) is 12.1 Å². The predicted octanol–water partition coefficient (Wildman–Crippen LogP) is 2.28. The van der Waals surface area contributed by atoms with E-state index in [4.69, 9.17) is 9.84 Å². The Labute approximate surface area is 115 Å². The van der Waals surface area contributed by atoms with Crippen molar-refractivity contribution in [1.82, 2.24) is 0 Å². The van der Waals surface area contributed by atoms with Crippen molar-refractivity contribution in [3.05, 3.63) is 29.6 Å². The van der Waals surface area contributed by atoms with Crippen molar-refractivity contribution in [2.75, 3.05) is 11.9 Å². The summed E-state index contributed by atoms with van der Waals surface area (Å²) in [5, 5.41) is 11.5. The van der Waals surface area contributed by atoms with Gasteiger partial charge in [0, 0.05) is 6.61 Å². The molecule has 0 aromatic heterocycles. The minimum Gasteiger partial charge on any atom is -0.478 e. The van der Waals surface area contributed by atoms with E-state index < -0.39 is 17.3 Å². The number of hydrogen-bond donors (Lipinski definition) is 2. The quantitative estimate of drug-likeness (QED) is 0.887. The summed E-state index contributed by atoms with van der Waals surface area (Å²) in [5.41, 5.74) is -0.544. The summed E-state index contributed by atoms with van der Waals surface area (Å²) in [6.45, 7) is 2.42. The molecule has 1 amide bonds. The number of hydrogen-bond acceptors (Lipinski definition) is 3. The smallest absolute Gasteiger partial charge is 0.340 e. The van der Waals surface area contributed by atoms with Crippen molar-refractivity contribution in [2.24, 2.45) is 5.92 Å². The molecule has 1 aliphatic rings. The van der Waals surface area contributed by atoms with Crippen molar-refractivity contribution in [2.45, 2.75) is 25.9 Å². The summed E-state index contributed by atoms with van der Waals surface area (Å²) in [6.07, 6.45) is 1.12. The molecule has 2 unspecified atom stereocenters. The zero-order valence-corrected chi connectivity index (χ0v) is 11.1. The van der Waals surface area contributed by atoms with Gasteiger partial charge >= 0.3 is 5.97 Å². The Morgan fingerprint density at radius 1 is 1.50 bits per heavy atom. The molecule has 108 valence electrons. The van der Waals surface area contributed by atoms with Crippen molar-refractivity contribution in [1.29, 1.82) is 0 Å². The van der Waals surface area contributed by atoms with Gasteiger partial charge in [0.1, 0.15) is 11.4 Å². The maximum Gasteiger partial charge on any atom is 0.340 e. The zero-order valence-electron chi connectivity index (χ0n) is 11.1. The standard InChI is InChI=1S/C14H16FNO4/c1-2-11-8(6-7-20-11)13(17)16-10-5-3-4-9(15)12(10)14(18)19/h3-5,8,11H,2,6-7H2,1H3,(H,16,17)(H,18,19). The van der Waals surface area contributed by atoms with Gasteiger partial charge in [-0.15, -0.1) is 0 Å². The molecule has 2 atom stereocenters. The molecule has 1 aromatic carbocycles. The lowest BCUT2D eigenvalue weighted by Gasteiger charge is -2.17. The summed E-state index contributed by atoms with van der Waals surface area (Å²) in [5.74, 6) is -2.94. The molecule has 0 saturated carbocycles. The summed E-state index contributed by atoms with van der Waals surface area (Å²) in [6, 6.07) is 3.79. The monoisotopic (exact) mass is 281 g/mol. The minimum absolute atomic E-state index is 0.0238. The van der Waals surface area contributed by atoms with Gasteiger partial charge < -0.3 is 15.2 Å². The van der Waals surface area contributed by atoms with Crippen LogP contribution in [-0.2, 0) is 9.53 Å². The molecule has 1 saturated heterocycles. The molecule has 0 radical (unpaired) electrons. The van der Waals surface area contributed by atoms with E-state index in [1.807, 2.05) is 6.92 Å². The predicted molar refractivity (Wildman–Crippen MR) is 70.1 cm³/mol. The Morgan fingerprint density at radius 3 is 2.90 bits per heavy atom. The molecule has 1 fully saturated rings. The van der Waals surface area contributed by atoms with Crippen LogP contribution in [0.5, 0.6) is 0 Å². The Balaban J connectivity index is 2.20. The Hall–Kier alpha value is -1.95. The highest BCUT2D eigenvalue weighted by molar-refractivity contribution is 6.01. The molecule has 0 spiro atoms. The zero-order chi connectivity index (χ0) is 14.7. The highest BCUT2D eigenvalue weighted by Gasteiger charge is 2.33. The Kier molecular flexibility index (Phi) is 4.34. The number of carbonyl (C=O) groups is 2. The number of carboxylic acid groups (broad SMARTS) is 1. The fourth-order valence-corrected chi connectivity index (χ4v) is 2.42. The van der Waals surface area contributed by atoms with Crippen LogP contribution in [0.3, 0.4) is 0 Å². The maximum atomic E-state index is 13.5. The van der Waals surface area contributed by atoms with Crippen LogP contribution in [-0.4, -0.2) is 29.7 Å². The molecule has 1 aliphatic heterocycles. The fraction of sp³-hybridized carbons (Fsp3) is 0.429. The van der Waals surface area contributed by atoms with E-state index in [2.05, 4.69) is 5.32 Å². The van der Waals surface area contributed by atoms with Gasteiger partial charge in [0.15, 0.2) is 0 Å². The van der Waals surface area contributed by atoms with Crippen molar-refractivity contribution in [3.8, 4) is 0 Å². The first-order valence-corrected chi connectivity index (χ1v) is 6.48. The number of ether oxygens (including phenoxy) is 1. The van der Waals surface area contributed by atoms with Crippen LogP contribution in [0.4, 0.5) is 10.1 Å². The van der Waals surface area contributed by atoms with Crippen LogP contribution in [0.15, 0.2) is 18.2 Å². The fourth-order valence-electron chi connectivity index (χ4n) is 2.42. The second-order valence-corrected chi connectivity index (χ2v) is 4.67. The number of anilines is 1. The lowest BCUT2D eigenvalue weighted by molar-refractivity contribution is -0.121. The SMILES string of the molecule is CCC1OCCC1C(=O)Nc1cccc(F)c1C(=O)O. The third-order valence-corrected chi connectivity index (χ3v) is 3.43. The molecule has 0 aliphatic carbocycles. The molecule has 2 rings (SSSR count). The van der Waals surface area contributed by atoms with E-state index in [0.29, 0.717) is 19.4 Å². The molecule has 6 heteroatoms. The van der Waals surface area contributed by atoms with Crippen molar-refractivity contribution in [3.63, 3.8) is 0 Å². The average Bonchev–Trinajstić information content (AvgIpc) is 2.86. The Morgan fingerprint density at radius 2 is 2.25 bits per heavy atom. The van der Waals surface area contributed by atoms with Gasteiger partial charge in [-0.2, -0.15) is 0 Å². The third-order valence-electron chi connectivity index (χ3n) is 3.43. The lowest BCUT2D eigenvalue weighted by atomic mass is 9.98. The number of rotatable bonds is 4. The molecule has 1 aromatic rings. The van der Waals surface area contributed by atoms with Crippen molar-refractivity contribution < 1.29 is 23.8 Å². The van der Waals surface area contributed by atoms with Crippen LogP contribution in [0, 0.1) is 11.7 Å². The van der Waals surface area contributed by atoms with Gasteiger partial charge in [0.05, 0.1) is 17.7 Å². The second-order valence-electron chi connectivity index (χ2n) is 4.67. The largest absolute Gasteiger partial charge is 0.478 e. The molecular weight excluding hydrogens is 265 g/mol. The summed E-state index contributed by atoms with van der Waals surface area (Å²) in [4.78, 5) is 23.2. The molecule has 2 N–H and O–H groups in total. The number of benzene rings is 1. The van der Waals surface area contributed by atoms with Crippen LogP contribution in [0.25, 0.3) is 0 Å². The number of carbonyl (C=O) groups excluding carboxylic acids is 1. The van der Waals surface area contributed by atoms with E-state index in [1.54, 1.807) is 0 Å². The van der Waals surface area contributed by atoms with Gasteiger partial charge in [-0.3, -0.25) is 4.79 Å². The van der Waals surface area contributed by atoms with Gasteiger partial charge in [-0.05, 0) is 25.0 Å². The van der Waals surface area contributed by atoms with Gasteiger partial charge in [-0.25, -0.2) is 9.18 Å². The van der Waals surface area contributed by atoms with Crippen molar-refractivity contribution >= 4 is 17.6 Å². The van der Waals surface area contributed by atoms with Crippen LogP contribution >= 0.6 is 0 Å². The number of halogens is 1. The number of nitrogens with one attached hydrogen (secondary N) is 1. The second kappa shape index (κ2) is 6.00. The summed E-state index contributed by atoms with van der Waals surface area (Å²) >= 11 is 0. The Bertz CT molecular complexity index is 532. The molecular formula is C14H16FNO4. The van der Waals surface area contributed by atoms with Crippen LogP contribution in [0.1, 0.15) is 30.1 Å². The lowest BCUT2D eigenvalue weighted by Crippen LogP contribution is -2.29. The molecule has 5 nitrogen and oxygen atoms in total.